The maximum Gasteiger partial charge on any atom is 0.139 e. The molecule has 1 nitrogen and oxygen atoms in total. The third kappa shape index (κ3) is 3.73. The molecule has 4 atom stereocenters. The highest BCUT2D eigenvalue weighted by Gasteiger charge is 2.34. The topological polar surface area (TPSA) is 12.0 Å². The fourth-order valence-electron chi connectivity index (χ4n) is 3.21. The number of nitrogens with one attached hydrogen (secondary N) is 1. The second kappa shape index (κ2) is 6.90. The van der Waals surface area contributed by atoms with E-state index < -0.39 is 11.6 Å². The molecule has 0 aliphatic heterocycles. The summed E-state index contributed by atoms with van der Waals surface area (Å²) < 4.78 is 26.8. The van der Waals surface area contributed by atoms with Gasteiger partial charge in [-0.05, 0) is 43.4 Å². The van der Waals surface area contributed by atoms with Gasteiger partial charge in [-0.25, -0.2) is 8.78 Å². The highest BCUT2D eigenvalue weighted by molar-refractivity contribution is 8.00. The summed E-state index contributed by atoms with van der Waals surface area (Å²) in [6.07, 6.45) is 2.29. The van der Waals surface area contributed by atoms with Crippen LogP contribution in [0.25, 0.3) is 0 Å². The van der Waals surface area contributed by atoms with Gasteiger partial charge in [-0.1, -0.05) is 20.8 Å². The van der Waals surface area contributed by atoms with Gasteiger partial charge in [0.15, 0.2) is 0 Å². The first-order valence-corrected chi connectivity index (χ1v) is 8.24. The summed E-state index contributed by atoms with van der Waals surface area (Å²) in [5.41, 5.74) is 0. The molecule has 0 saturated heterocycles. The van der Waals surface area contributed by atoms with Crippen molar-refractivity contribution in [3.8, 4) is 0 Å². The molecule has 0 radical (unpaired) electrons. The molecule has 1 aliphatic carbocycles. The molecule has 1 saturated carbocycles. The van der Waals surface area contributed by atoms with Gasteiger partial charge in [0.05, 0.1) is 0 Å². The van der Waals surface area contributed by atoms with Gasteiger partial charge in [0, 0.05) is 22.3 Å². The van der Waals surface area contributed by atoms with Crippen molar-refractivity contribution in [2.45, 2.75) is 49.8 Å². The Morgan fingerprint density at radius 3 is 2.65 bits per heavy atom. The minimum absolute atomic E-state index is 0.339. The van der Waals surface area contributed by atoms with Crippen molar-refractivity contribution in [1.82, 2.24) is 5.32 Å². The molecule has 0 amide bonds. The molecule has 4 heteroatoms. The van der Waals surface area contributed by atoms with Crippen LogP contribution < -0.4 is 5.32 Å². The molecule has 1 N–H and O–H groups in total. The van der Waals surface area contributed by atoms with Crippen LogP contribution in [0.5, 0.6) is 0 Å². The number of benzene rings is 1. The summed E-state index contributed by atoms with van der Waals surface area (Å²) >= 11 is 1.55. The SMILES string of the molecule is CCNC1CC(C)CC(C)C1Sc1ccc(F)cc1F. The zero-order valence-electron chi connectivity index (χ0n) is 12.3. The van der Waals surface area contributed by atoms with Crippen LogP contribution in [0.2, 0.25) is 0 Å². The molecular formula is C16H23F2NS. The van der Waals surface area contributed by atoms with Gasteiger partial charge in [-0.3, -0.25) is 0 Å². The zero-order valence-corrected chi connectivity index (χ0v) is 13.1. The molecule has 0 heterocycles. The molecular weight excluding hydrogens is 276 g/mol. The number of rotatable bonds is 4. The lowest BCUT2D eigenvalue weighted by Gasteiger charge is -2.39. The van der Waals surface area contributed by atoms with Crippen LogP contribution in [-0.2, 0) is 0 Å². The smallest absolute Gasteiger partial charge is 0.139 e. The molecule has 1 aromatic rings. The Hall–Kier alpha value is -0.610. The van der Waals surface area contributed by atoms with Crippen LogP contribution in [0.3, 0.4) is 0 Å². The predicted molar refractivity (Wildman–Crippen MR) is 81.0 cm³/mol. The first-order valence-electron chi connectivity index (χ1n) is 7.36. The van der Waals surface area contributed by atoms with Gasteiger partial charge in [0.1, 0.15) is 11.6 Å². The Labute approximate surface area is 124 Å². The van der Waals surface area contributed by atoms with Gasteiger partial charge in [0.25, 0.3) is 0 Å². The third-order valence-corrected chi connectivity index (χ3v) is 5.66. The van der Waals surface area contributed by atoms with E-state index in [1.807, 2.05) is 0 Å². The quantitative estimate of drug-likeness (QED) is 0.880. The van der Waals surface area contributed by atoms with Crippen molar-refractivity contribution in [2.75, 3.05) is 6.54 Å². The summed E-state index contributed by atoms with van der Waals surface area (Å²) in [6.45, 7) is 7.54. The van der Waals surface area contributed by atoms with Gasteiger partial charge in [-0.15, -0.1) is 11.8 Å². The first-order chi connectivity index (χ1) is 9.51. The van der Waals surface area contributed by atoms with Crippen molar-refractivity contribution < 1.29 is 8.78 Å². The normalized spacial score (nSPS) is 30.4. The van der Waals surface area contributed by atoms with E-state index >= 15 is 0 Å². The van der Waals surface area contributed by atoms with E-state index in [1.54, 1.807) is 17.8 Å². The Bertz CT molecular complexity index is 452. The molecule has 0 bridgehead atoms. The Balaban J connectivity index is 2.15. The number of halogens is 2. The van der Waals surface area contributed by atoms with Crippen molar-refractivity contribution in [1.29, 1.82) is 0 Å². The van der Waals surface area contributed by atoms with Crippen molar-refractivity contribution in [2.24, 2.45) is 11.8 Å². The van der Waals surface area contributed by atoms with Crippen molar-refractivity contribution >= 4 is 11.8 Å². The van der Waals surface area contributed by atoms with Crippen LogP contribution >= 0.6 is 11.8 Å². The number of hydrogen-bond acceptors (Lipinski definition) is 2. The highest BCUT2D eigenvalue weighted by Crippen LogP contribution is 2.40. The highest BCUT2D eigenvalue weighted by atomic mass is 32.2. The first kappa shape index (κ1) is 15.8. The fraction of sp³-hybridized carbons (Fsp3) is 0.625. The summed E-state index contributed by atoms with van der Waals surface area (Å²) in [7, 11) is 0. The van der Waals surface area contributed by atoms with Gasteiger partial charge in [-0.2, -0.15) is 0 Å². The molecule has 0 aromatic heterocycles. The maximum atomic E-state index is 13.8. The lowest BCUT2D eigenvalue weighted by molar-refractivity contribution is 0.251. The van der Waals surface area contributed by atoms with E-state index in [0.717, 1.165) is 19.0 Å². The lowest BCUT2D eigenvalue weighted by Crippen LogP contribution is -2.46. The van der Waals surface area contributed by atoms with Gasteiger partial charge in [0.2, 0.25) is 0 Å². The van der Waals surface area contributed by atoms with E-state index in [0.29, 0.717) is 28.0 Å². The van der Waals surface area contributed by atoms with Crippen LogP contribution in [-0.4, -0.2) is 17.8 Å². The van der Waals surface area contributed by atoms with E-state index in [2.05, 4.69) is 26.1 Å². The summed E-state index contributed by atoms with van der Waals surface area (Å²) in [6, 6.07) is 4.27. The van der Waals surface area contributed by atoms with Crippen molar-refractivity contribution in [3.05, 3.63) is 29.8 Å². The van der Waals surface area contributed by atoms with Crippen LogP contribution in [0.15, 0.2) is 23.1 Å². The predicted octanol–water partition coefficient (Wildman–Crippen LogP) is 4.47. The van der Waals surface area contributed by atoms with Crippen LogP contribution in [0.4, 0.5) is 8.78 Å². The van der Waals surface area contributed by atoms with E-state index in [1.165, 1.54) is 12.5 Å². The molecule has 20 heavy (non-hydrogen) atoms. The second-order valence-electron chi connectivity index (χ2n) is 5.88. The lowest BCUT2D eigenvalue weighted by atomic mass is 9.80. The van der Waals surface area contributed by atoms with Gasteiger partial charge < -0.3 is 5.32 Å². The Morgan fingerprint density at radius 1 is 1.25 bits per heavy atom. The molecule has 2 rings (SSSR count). The standard InChI is InChI=1S/C16H23F2NS/c1-4-19-14-8-10(2)7-11(3)16(14)20-15-6-5-12(17)9-13(15)18/h5-6,9-11,14,16,19H,4,7-8H2,1-3H3. The molecule has 1 fully saturated rings. The Kier molecular flexibility index (Phi) is 5.44. The molecule has 112 valence electrons. The summed E-state index contributed by atoms with van der Waals surface area (Å²) in [5.74, 6) is 0.262. The summed E-state index contributed by atoms with van der Waals surface area (Å²) in [5, 5.41) is 3.87. The third-order valence-electron chi connectivity index (χ3n) is 4.01. The molecule has 4 unspecified atom stereocenters. The zero-order chi connectivity index (χ0) is 14.7. The summed E-state index contributed by atoms with van der Waals surface area (Å²) in [4.78, 5) is 0.556. The van der Waals surface area contributed by atoms with Crippen LogP contribution in [0.1, 0.15) is 33.6 Å². The number of hydrogen-bond donors (Lipinski definition) is 1. The van der Waals surface area contributed by atoms with E-state index in [4.69, 9.17) is 0 Å². The van der Waals surface area contributed by atoms with Crippen LogP contribution in [0, 0.1) is 23.5 Å². The van der Waals surface area contributed by atoms with E-state index in [-0.39, 0.29) is 0 Å². The molecule has 1 aliphatic rings. The molecule has 0 spiro atoms. The second-order valence-corrected chi connectivity index (χ2v) is 7.10. The minimum atomic E-state index is -0.514. The largest absolute Gasteiger partial charge is 0.313 e. The monoisotopic (exact) mass is 299 g/mol. The maximum absolute atomic E-state index is 13.8. The average Bonchev–Trinajstić information content (AvgIpc) is 2.36. The fourth-order valence-corrected chi connectivity index (χ4v) is 4.53. The molecule has 1 aromatic carbocycles. The van der Waals surface area contributed by atoms with Gasteiger partial charge >= 0.3 is 0 Å². The number of thioether (sulfide) groups is 1. The van der Waals surface area contributed by atoms with E-state index in [9.17, 15) is 8.78 Å². The van der Waals surface area contributed by atoms with Crippen molar-refractivity contribution in [3.63, 3.8) is 0 Å². The average molecular weight is 299 g/mol. The Morgan fingerprint density at radius 2 is 2.00 bits per heavy atom. The minimum Gasteiger partial charge on any atom is -0.313 e.